The topological polar surface area (TPSA) is 118 Å². The summed E-state index contributed by atoms with van der Waals surface area (Å²) < 4.78 is 38.2. The molecule has 0 radical (unpaired) electrons. The Hall–Kier alpha value is -1.75. The van der Waals surface area contributed by atoms with Gasteiger partial charge in [0.2, 0.25) is 15.9 Å². The Balaban J connectivity index is 2.35. The molecule has 1 aromatic rings. The zero-order valence-electron chi connectivity index (χ0n) is 15.0. The number of ether oxygens (including phenoxy) is 2. The van der Waals surface area contributed by atoms with Crippen molar-refractivity contribution in [3.8, 4) is 5.88 Å². The molecule has 1 atom stereocenters. The molecule has 10 heteroatoms. The van der Waals surface area contributed by atoms with Crippen LogP contribution in [0.25, 0.3) is 0 Å². The van der Waals surface area contributed by atoms with Crippen LogP contribution in [0.5, 0.6) is 5.88 Å². The monoisotopic (exact) mass is 387 g/mol. The molecule has 0 spiro atoms. The van der Waals surface area contributed by atoms with Crippen LogP contribution in [0.4, 0.5) is 0 Å². The lowest BCUT2D eigenvalue weighted by atomic mass is 10.2. The number of hydrogen-bond acceptors (Lipinski definition) is 7. The molecule has 0 bridgehead atoms. The number of carbonyl (C=O) groups is 1. The minimum absolute atomic E-state index is 0.0523. The summed E-state index contributed by atoms with van der Waals surface area (Å²) in [5.41, 5.74) is -0.365. The third-order valence-electron chi connectivity index (χ3n) is 4.11. The van der Waals surface area contributed by atoms with Gasteiger partial charge in [0.1, 0.15) is 11.5 Å². The zero-order valence-corrected chi connectivity index (χ0v) is 15.8. The second kappa shape index (κ2) is 9.26. The number of aromatic nitrogens is 1. The Morgan fingerprint density at radius 1 is 1.42 bits per heavy atom. The Morgan fingerprint density at radius 2 is 2.19 bits per heavy atom. The Kier molecular flexibility index (Phi) is 7.33. The lowest BCUT2D eigenvalue weighted by Gasteiger charge is -2.34. The first-order valence-electron chi connectivity index (χ1n) is 8.58. The van der Waals surface area contributed by atoms with Crippen LogP contribution in [0.1, 0.15) is 30.6 Å². The molecule has 0 saturated carbocycles. The van der Waals surface area contributed by atoms with Gasteiger partial charge in [0.05, 0.1) is 12.2 Å². The van der Waals surface area contributed by atoms with Crippen LogP contribution in [0, 0.1) is 0 Å². The van der Waals surface area contributed by atoms with E-state index in [4.69, 9.17) is 9.47 Å². The van der Waals surface area contributed by atoms with E-state index in [0.29, 0.717) is 32.7 Å². The Labute approximate surface area is 153 Å². The molecule has 2 heterocycles. The number of nitrogens with one attached hydrogen (secondary N) is 1. The van der Waals surface area contributed by atoms with E-state index in [1.165, 1.54) is 10.4 Å². The van der Waals surface area contributed by atoms with Gasteiger partial charge in [0, 0.05) is 44.5 Å². The van der Waals surface area contributed by atoms with Crippen LogP contribution < -0.4 is 10.1 Å². The highest BCUT2D eigenvalue weighted by molar-refractivity contribution is 7.89. The van der Waals surface area contributed by atoms with Gasteiger partial charge < -0.3 is 19.9 Å². The molecule has 1 fully saturated rings. The van der Waals surface area contributed by atoms with Gasteiger partial charge in [0.25, 0.3) is 0 Å². The molecule has 0 aliphatic carbocycles. The molecule has 1 saturated heterocycles. The van der Waals surface area contributed by atoms with E-state index in [2.05, 4.69) is 10.3 Å². The van der Waals surface area contributed by atoms with Crippen LogP contribution in [0.3, 0.4) is 0 Å². The highest BCUT2D eigenvalue weighted by Gasteiger charge is 2.35. The summed E-state index contributed by atoms with van der Waals surface area (Å²) >= 11 is 0. The van der Waals surface area contributed by atoms with Gasteiger partial charge >= 0.3 is 5.97 Å². The minimum Gasteiger partial charge on any atom is -0.478 e. The predicted molar refractivity (Wildman–Crippen MR) is 94.0 cm³/mol. The van der Waals surface area contributed by atoms with Crippen molar-refractivity contribution in [3.63, 3.8) is 0 Å². The second-order valence-corrected chi connectivity index (χ2v) is 7.61. The third-order valence-corrected chi connectivity index (χ3v) is 6.10. The standard InChI is InChI=1S/C16H25N3O6S/c1-3-12-10-17-5-6-19(12)26(22,23)14-9-15(25-8-7-24-4-2)18-11-13(14)16(20)21/h9,11-12,17H,3-8,10H2,1-2H3,(H,20,21). The number of hydrogen-bond donors (Lipinski definition) is 2. The molecule has 146 valence electrons. The molecular formula is C16H25N3O6S. The number of carboxylic acids is 1. The van der Waals surface area contributed by atoms with E-state index in [9.17, 15) is 18.3 Å². The first-order valence-corrected chi connectivity index (χ1v) is 10.0. The van der Waals surface area contributed by atoms with Crippen LogP contribution >= 0.6 is 0 Å². The summed E-state index contributed by atoms with van der Waals surface area (Å²) in [6, 6.07) is 0.949. The molecule has 0 amide bonds. The van der Waals surface area contributed by atoms with Crippen molar-refractivity contribution < 1.29 is 27.8 Å². The summed E-state index contributed by atoms with van der Waals surface area (Å²) in [4.78, 5) is 15.1. The molecule has 26 heavy (non-hydrogen) atoms. The van der Waals surface area contributed by atoms with E-state index in [-0.39, 0.29) is 35.5 Å². The molecule has 9 nitrogen and oxygen atoms in total. The lowest BCUT2D eigenvalue weighted by molar-refractivity contribution is 0.0691. The molecule has 2 rings (SSSR count). The summed E-state index contributed by atoms with van der Waals surface area (Å²) in [7, 11) is -4.00. The van der Waals surface area contributed by atoms with Crippen molar-refractivity contribution in [2.24, 2.45) is 0 Å². The fourth-order valence-corrected chi connectivity index (χ4v) is 4.62. The average Bonchev–Trinajstić information content (AvgIpc) is 2.65. The number of aromatic carboxylic acids is 1. The van der Waals surface area contributed by atoms with Crippen molar-refractivity contribution in [1.29, 1.82) is 0 Å². The normalized spacial score (nSPS) is 18.6. The summed E-state index contributed by atoms with van der Waals surface area (Å²) in [6.45, 7) is 6.13. The van der Waals surface area contributed by atoms with Crippen molar-refractivity contribution in [2.75, 3.05) is 39.5 Å². The van der Waals surface area contributed by atoms with Gasteiger partial charge in [-0.05, 0) is 13.3 Å². The fourth-order valence-electron chi connectivity index (χ4n) is 2.75. The fraction of sp³-hybridized carbons (Fsp3) is 0.625. The number of pyridine rings is 1. The van der Waals surface area contributed by atoms with Gasteiger partial charge in [-0.25, -0.2) is 18.2 Å². The largest absolute Gasteiger partial charge is 0.478 e. The van der Waals surface area contributed by atoms with Gasteiger partial charge in [0.15, 0.2) is 0 Å². The van der Waals surface area contributed by atoms with E-state index in [1.807, 2.05) is 13.8 Å². The van der Waals surface area contributed by atoms with Crippen LogP contribution in [0.2, 0.25) is 0 Å². The SMILES string of the molecule is CCOCCOc1cc(S(=O)(=O)N2CCNCC2CC)c(C(=O)O)cn1. The third kappa shape index (κ3) is 4.70. The molecule has 1 aliphatic rings. The highest BCUT2D eigenvalue weighted by atomic mass is 32.2. The van der Waals surface area contributed by atoms with Crippen molar-refractivity contribution >= 4 is 16.0 Å². The molecule has 1 unspecified atom stereocenters. The van der Waals surface area contributed by atoms with Gasteiger partial charge in [-0.3, -0.25) is 0 Å². The van der Waals surface area contributed by atoms with E-state index in [0.717, 1.165) is 6.20 Å². The van der Waals surface area contributed by atoms with Gasteiger partial charge in [-0.2, -0.15) is 4.31 Å². The highest BCUT2D eigenvalue weighted by Crippen LogP contribution is 2.26. The summed E-state index contributed by atoms with van der Waals surface area (Å²) in [5, 5.41) is 12.5. The van der Waals surface area contributed by atoms with Crippen LogP contribution in [-0.4, -0.2) is 74.3 Å². The first-order chi connectivity index (χ1) is 12.4. The minimum atomic E-state index is -4.00. The molecule has 0 aromatic carbocycles. The van der Waals surface area contributed by atoms with E-state index in [1.54, 1.807) is 0 Å². The average molecular weight is 387 g/mol. The maximum absolute atomic E-state index is 13.1. The van der Waals surface area contributed by atoms with Gasteiger partial charge in [-0.1, -0.05) is 6.92 Å². The number of carboxylic acid groups (broad SMARTS) is 1. The molecule has 1 aromatic heterocycles. The Bertz CT molecular complexity index is 725. The molecule has 1 aliphatic heterocycles. The van der Waals surface area contributed by atoms with E-state index >= 15 is 0 Å². The first kappa shape index (κ1) is 20.6. The number of piperazine rings is 1. The lowest BCUT2D eigenvalue weighted by Crippen LogP contribution is -2.53. The summed E-state index contributed by atoms with van der Waals surface area (Å²) in [6.07, 6.45) is 1.64. The quantitative estimate of drug-likeness (QED) is 0.591. The second-order valence-electron chi connectivity index (χ2n) is 5.75. The van der Waals surface area contributed by atoms with Gasteiger partial charge in [-0.15, -0.1) is 0 Å². The molecule has 2 N–H and O–H groups in total. The maximum atomic E-state index is 13.1. The van der Waals surface area contributed by atoms with Crippen molar-refractivity contribution in [3.05, 3.63) is 17.8 Å². The smallest absolute Gasteiger partial charge is 0.338 e. The maximum Gasteiger partial charge on any atom is 0.338 e. The van der Waals surface area contributed by atoms with Crippen LogP contribution in [-0.2, 0) is 14.8 Å². The van der Waals surface area contributed by atoms with Crippen LogP contribution in [0.15, 0.2) is 17.2 Å². The van der Waals surface area contributed by atoms with Crippen molar-refractivity contribution in [2.45, 2.75) is 31.2 Å². The number of sulfonamides is 1. The van der Waals surface area contributed by atoms with Crippen molar-refractivity contribution in [1.82, 2.24) is 14.6 Å². The zero-order chi connectivity index (χ0) is 19.2. The predicted octanol–water partition coefficient (Wildman–Crippen LogP) is 0.568. The summed E-state index contributed by atoms with van der Waals surface area (Å²) in [5.74, 6) is -1.29. The Morgan fingerprint density at radius 3 is 2.85 bits per heavy atom. The number of rotatable bonds is 9. The van der Waals surface area contributed by atoms with E-state index < -0.39 is 16.0 Å². The molecular weight excluding hydrogens is 362 g/mol. The number of nitrogens with zero attached hydrogens (tertiary/aromatic N) is 2.